The summed E-state index contributed by atoms with van der Waals surface area (Å²) in [4.78, 5) is 42.5. The van der Waals surface area contributed by atoms with Gasteiger partial charge in [-0.3, -0.25) is 9.36 Å². The number of benzene rings is 2. The number of nitrogens with zero attached hydrogens (tertiary/aromatic N) is 2. The van der Waals surface area contributed by atoms with Crippen LogP contribution >= 0.6 is 11.3 Å². The molecule has 33 heavy (non-hydrogen) atoms. The fourth-order valence-corrected chi connectivity index (χ4v) is 4.78. The number of allylic oxidation sites excluding steroid dienone is 1. The van der Waals surface area contributed by atoms with E-state index < -0.39 is 18.0 Å². The van der Waals surface area contributed by atoms with Crippen LogP contribution in [-0.4, -0.2) is 28.2 Å². The van der Waals surface area contributed by atoms with Gasteiger partial charge in [0.15, 0.2) is 4.80 Å². The van der Waals surface area contributed by atoms with E-state index in [9.17, 15) is 14.4 Å². The van der Waals surface area contributed by atoms with E-state index in [1.165, 1.54) is 28.0 Å². The predicted octanol–water partition coefficient (Wildman–Crippen LogP) is 2.80. The van der Waals surface area contributed by atoms with Crippen molar-refractivity contribution in [3.8, 4) is 0 Å². The third-order valence-electron chi connectivity index (χ3n) is 5.37. The fourth-order valence-electron chi connectivity index (χ4n) is 3.73. The smallest absolute Gasteiger partial charge is 0.338 e. The summed E-state index contributed by atoms with van der Waals surface area (Å²) >= 11 is 1.23. The molecule has 1 N–H and O–H groups in total. The van der Waals surface area contributed by atoms with Gasteiger partial charge in [0, 0.05) is 0 Å². The molecular formula is C25H22N2O5S. The Bertz CT molecular complexity index is 1440. The van der Waals surface area contributed by atoms with Crippen LogP contribution in [-0.2, 0) is 9.53 Å². The van der Waals surface area contributed by atoms with Gasteiger partial charge in [-0.25, -0.2) is 14.6 Å². The minimum absolute atomic E-state index is 0.169. The average Bonchev–Trinajstić information content (AvgIpc) is 3.08. The predicted molar refractivity (Wildman–Crippen MR) is 125 cm³/mol. The molecule has 0 bridgehead atoms. The molecule has 0 unspecified atom stereocenters. The van der Waals surface area contributed by atoms with Crippen molar-refractivity contribution in [2.75, 3.05) is 6.61 Å². The summed E-state index contributed by atoms with van der Waals surface area (Å²) in [5.74, 6) is -1.51. The maximum absolute atomic E-state index is 13.5. The lowest BCUT2D eigenvalue weighted by Crippen LogP contribution is -2.39. The number of aromatic nitrogens is 1. The van der Waals surface area contributed by atoms with Gasteiger partial charge in [0.25, 0.3) is 5.56 Å². The van der Waals surface area contributed by atoms with E-state index in [1.807, 2.05) is 31.2 Å². The third kappa shape index (κ3) is 4.29. The Morgan fingerprint density at radius 2 is 1.79 bits per heavy atom. The number of aromatic carboxylic acids is 1. The molecule has 0 aliphatic carbocycles. The zero-order valence-corrected chi connectivity index (χ0v) is 19.2. The number of aryl methyl sites for hydroxylation is 1. The van der Waals surface area contributed by atoms with Crippen molar-refractivity contribution in [2.45, 2.75) is 26.8 Å². The highest BCUT2D eigenvalue weighted by Crippen LogP contribution is 2.30. The van der Waals surface area contributed by atoms with Gasteiger partial charge < -0.3 is 9.84 Å². The molecule has 0 saturated heterocycles. The van der Waals surface area contributed by atoms with Crippen molar-refractivity contribution < 1.29 is 19.4 Å². The number of esters is 1. The highest BCUT2D eigenvalue weighted by atomic mass is 32.1. The molecule has 0 radical (unpaired) electrons. The van der Waals surface area contributed by atoms with Crippen LogP contribution in [0.2, 0.25) is 0 Å². The standard InChI is InChI=1S/C25H22N2O5S/c1-4-32-24(31)20-15(3)26-25-27(21(20)17-9-5-14(2)6-10-17)22(28)19(33-25)13-16-7-11-18(12-8-16)23(29)30/h5-13,21H,4H2,1-3H3,(H,29,30)/b19-13+/t21-/m1/s1. The quantitative estimate of drug-likeness (QED) is 0.588. The molecule has 0 fully saturated rings. The van der Waals surface area contributed by atoms with Crippen molar-refractivity contribution in [1.29, 1.82) is 0 Å². The number of hydrogen-bond acceptors (Lipinski definition) is 6. The molecule has 2 heterocycles. The molecule has 0 saturated carbocycles. The summed E-state index contributed by atoms with van der Waals surface area (Å²) in [5, 5.41) is 9.09. The Morgan fingerprint density at radius 3 is 2.39 bits per heavy atom. The van der Waals surface area contributed by atoms with Crippen LogP contribution in [0.25, 0.3) is 6.08 Å². The van der Waals surface area contributed by atoms with E-state index in [4.69, 9.17) is 9.84 Å². The minimum Gasteiger partial charge on any atom is -0.478 e. The molecule has 1 aliphatic rings. The number of ether oxygens (including phenoxy) is 1. The Hall–Kier alpha value is -3.78. The van der Waals surface area contributed by atoms with Crippen LogP contribution in [0.15, 0.2) is 69.6 Å². The summed E-state index contributed by atoms with van der Waals surface area (Å²) in [7, 11) is 0. The second-order valence-corrected chi connectivity index (χ2v) is 8.65. The van der Waals surface area contributed by atoms with Gasteiger partial charge in [0.2, 0.25) is 0 Å². The summed E-state index contributed by atoms with van der Waals surface area (Å²) < 4.78 is 7.26. The van der Waals surface area contributed by atoms with Gasteiger partial charge in [-0.1, -0.05) is 53.3 Å². The van der Waals surface area contributed by atoms with E-state index in [1.54, 1.807) is 32.1 Å². The van der Waals surface area contributed by atoms with Crippen molar-refractivity contribution in [3.63, 3.8) is 0 Å². The second kappa shape index (κ2) is 8.99. The Balaban J connectivity index is 1.90. The van der Waals surface area contributed by atoms with Crippen LogP contribution in [0.4, 0.5) is 0 Å². The van der Waals surface area contributed by atoms with E-state index in [0.717, 1.165) is 11.1 Å². The van der Waals surface area contributed by atoms with E-state index in [0.29, 0.717) is 26.2 Å². The third-order valence-corrected chi connectivity index (χ3v) is 6.35. The SMILES string of the molecule is CCOC(=O)C1=C(C)N=c2s/c(=C/c3ccc(C(=O)O)cc3)c(=O)n2[C@@H]1c1ccc(C)cc1. The summed E-state index contributed by atoms with van der Waals surface area (Å²) in [6.45, 7) is 5.67. The van der Waals surface area contributed by atoms with Gasteiger partial charge in [-0.05, 0) is 50.1 Å². The fraction of sp³-hybridized carbons (Fsp3) is 0.200. The first-order valence-electron chi connectivity index (χ1n) is 10.4. The lowest BCUT2D eigenvalue weighted by Gasteiger charge is -2.24. The largest absolute Gasteiger partial charge is 0.478 e. The van der Waals surface area contributed by atoms with Gasteiger partial charge in [0.1, 0.15) is 0 Å². The van der Waals surface area contributed by atoms with Crippen LogP contribution in [0.3, 0.4) is 0 Å². The van der Waals surface area contributed by atoms with Gasteiger partial charge in [-0.2, -0.15) is 0 Å². The first kappa shape index (κ1) is 22.4. The maximum Gasteiger partial charge on any atom is 0.338 e. The molecular weight excluding hydrogens is 440 g/mol. The normalized spacial score (nSPS) is 15.7. The molecule has 3 aromatic rings. The molecule has 0 spiro atoms. The monoisotopic (exact) mass is 462 g/mol. The Morgan fingerprint density at radius 1 is 1.12 bits per heavy atom. The molecule has 4 rings (SSSR count). The van der Waals surface area contributed by atoms with Crippen LogP contribution in [0, 0.1) is 6.92 Å². The molecule has 8 heteroatoms. The van der Waals surface area contributed by atoms with E-state index in [-0.39, 0.29) is 17.7 Å². The number of carboxylic acid groups (broad SMARTS) is 1. The molecule has 1 atom stereocenters. The summed E-state index contributed by atoms with van der Waals surface area (Å²) in [6, 6.07) is 13.3. The lowest BCUT2D eigenvalue weighted by molar-refractivity contribution is -0.139. The first-order chi connectivity index (χ1) is 15.8. The second-order valence-electron chi connectivity index (χ2n) is 7.64. The minimum atomic E-state index is -1.01. The number of rotatable bonds is 5. The number of carboxylic acids is 1. The molecule has 1 aromatic heterocycles. The molecule has 1 aliphatic heterocycles. The average molecular weight is 463 g/mol. The molecule has 0 amide bonds. The zero-order chi connectivity index (χ0) is 23.7. The molecule has 2 aromatic carbocycles. The highest BCUT2D eigenvalue weighted by Gasteiger charge is 2.33. The van der Waals surface area contributed by atoms with E-state index in [2.05, 4.69) is 4.99 Å². The van der Waals surface area contributed by atoms with E-state index >= 15 is 0 Å². The number of carbonyl (C=O) groups excluding carboxylic acids is 1. The van der Waals surface area contributed by atoms with Crippen molar-refractivity contribution in [1.82, 2.24) is 4.57 Å². The van der Waals surface area contributed by atoms with Crippen LogP contribution < -0.4 is 14.9 Å². The number of hydrogen-bond donors (Lipinski definition) is 1. The van der Waals surface area contributed by atoms with Crippen molar-refractivity contribution >= 4 is 29.4 Å². The lowest BCUT2D eigenvalue weighted by atomic mass is 9.95. The number of thiazole rings is 1. The van der Waals surface area contributed by atoms with Crippen molar-refractivity contribution in [2.24, 2.45) is 4.99 Å². The first-order valence-corrected chi connectivity index (χ1v) is 11.2. The van der Waals surface area contributed by atoms with Gasteiger partial charge >= 0.3 is 11.9 Å². The Kier molecular flexibility index (Phi) is 6.11. The van der Waals surface area contributed by atoms with Gasteiger partial charge in [0.05, 0.1) is 34.0 Å². The zero-order valence-electron chi connectivity index (χ0n) is 18.4. The molecule has 168 valence electrons. The summed E-state index contributed by atoms with van der Waals surface area (Å²) in [5.41, 5.74) is 3.29. The summed E-state index contributed by atoms with van der Waals surface area (Å²) in [6.07, 6.45) is 1.70. The number of fused-ring (bicyclic) bond motifs is 1. The topological polar surface area (TPSA) is 98.0 Å². The maximum atomic E-state index is 13.5. The van der Waals surface area contributed by atoms with Crippen LogP contribution in [0.5, 0.6) is 0 Å². The van der Waals surface area contributed by atoms with Crippen LogP contribution in [0.1, 0.15) is 46.9 Å². The molecule has 7 nitrogen and oxygen atoms in total. The Labute approximate surface area is 193 Å². The van der Waals surface area contributed by atoms with Gasteiger partial charge in [-0.15, -0.1) is 0 Å². The van der Waals surface area contributed by atoms with Crippen molar-refractivity contribution in [3.05, 3.63) is 102 Å². The highest BCUT2D eigenvalue weighted by molar-refractivity contribution is 7.07. The number of carbonyl (C=O) groups is 2.